The van der Waals surface area contributed by atoms with Crippen molar-refractivity contribution in [2.45, 2.75) is 6.10 Å². The van der Waals surface area contributed by atoms with Crippen LogP contribution in [0.3, 0.4) is 0 Å². The lowest BCUT2D eigenvalue weighted by Gasteiger charge is -2.25. The van der Waals surface area contributed by atoms with Crippen molar-refractivity contribution in [3.8, 4) is 6.01 Å². The highest BCUT2D eigenvalue weighted by molar-refractivity contribution is 5.90. The second kappa shape index (κ2) is 3.59. The lowest BCUT2D eigenvalue weighted by atomic mass is 10.3. The number of carbonyl (C=O) groups is 1. The minimum absolute atomic E-state index is 0.0156. The number of hydrogen-bond donors (Lipinski definition) is 1. The fourth-order valence-corrected chi connectivity index (χ4v) is 0.966. The molecule has 6 nitrogen and oxygen atoms in total. The van der Waals surface area contributed by atoms with E-state index in [1.807, 2.05) is 0 Å². The zero-order valence-electron chi connectivity index (χ0n) is 7.34. The molecule has 6 heteroatoms. The second-order valence-electron chi connectivity index (χ2n) is 2.87. The molecule has 1 aliphatic heterocycles. The Labute approximate surface area is 80.1 Å². The lowest BCUT2D eigenvalue weighted by molar-refractivity contribution is -0.0831. The van der Waals surface area contributed by atoms with Crippen molar-refractivity contribution in [2.24, 2.45) is 5.73 Å². The summed E-state index contributed by atoms with van der Waals surface area (Å²) in [5.41, 5.74) is 5.20. The van der Waals surface area contributed by atoms with Crippen LogP contribution in [0.2, 0.25) is 0 Å². The van der Waals surface area contributed by atoms with Crippen LogP contribution in [0, 0.1) is 0 Å². The van der Waals surface area contributed by atoms with Gasteiger partial charge in [-0.1, -0.05) is 0 Å². The smallest absolute Gasteiger partial charge is 0.317 e. The molecule has 2 heterocycles. The van der Waals surface area contributed by atoms with Gasteiger partial charge >= 0.3 is 6.01 Å². The highest BCUT2D eigenvalue weighted by Crippen LogP contribution is 2.10. The number of rotatable bonds is 3. The first-order valence-electron chi connectivity index (χ1n) is 4.13. The molecule has 14 heavy (non-hydrogen) atoms. The minimum atomic E-state index is -0.595. The fourth-order valence-electron chi connectivity index (χ4n) is 0.966. The van der Waals surface area contributed by atoms with E-state index in [-0.39, 0.29) is 17.8 Å². The Bertz CT molecular complexity index is 351. The third kappa shape index (κ3) is 1.80. The molecule has 0 aromatic carbocycles. The Balaban J connectivity index is 2.09. The summed E-state index contributed by atoms with van der Waals surface area (Å²) in [5.74, 6) is -0.595. The molecule has 1 fully saturated rings. The molecule has 0 bridgehead atoms. The molecule has 1 aromatic heterocycles. The number of nitrogens with two attached hydrogens (primary N) is 1. The maximum Gasteiger partial charge on any atom is 0.317 e. The average molecular weight is 195 g/mol. The first kappa shape index (κ1) is 8.89. The molecular weight excluding hydrogens is 186 g/mol. The Morgan fingerprint density at radius 3 is 3.00 bits per heavy atom. The van der Waals surface area contributed by atoms with E-state index in [1.54, 1.807) is 0 Å². The Hall–Kier alpha value is -1.69. The van der Waals surface area contributed by atoms with Crippen molar-refractivity contribution >= 4 is 5.91 Å². The topological polar surface area (TPSA) is 87.3 Å². The molecule has 1 amide bonds. The SMILES string of the molecule is NC(=O)c1ccnc(OC2COC2)n1. The first-order valence-corrected chi connectivity index (χ1v) is 4.13. The number of hydrogen-bond acceptors (Lipinski definition) is 5. The van der Waals surface area contributed by atoms with Gasteiger partial charge < -0.3 is 15.2 Å². The lowest BCUT2D eigenvalue weighted by Crippen LogP contribution is -2.39. The number of nitrogens with zero attached hydrogens (tertiary/aromatic N) is 2. The molecule has 0 aliphatic carbocycles. The maximum absolute atomic E-state index is 10.8. The van der Waals surface area contributed by atoms with Crippen LogP contribution in [-0.4, -0.2) is 35.2 Å². The monoisotopic (exact) mass is 195 g/mol. The number of carbonyl (C=O) groups excluding carboxylic acids is 1. The molecule has 0 radical (unpaired) electrons. The Morgan fingerprint density at radius 1 is 1.64 bits per heavy atom. The predicted molar refractivity (Wildman–Crippen MR) is 45.8 cm³/mol. The number of amides is 1. The van der Waals surface area contributed by atoms with Crippen LogP contribution in [-0.2, 0) is 4.74 Å². The van der Waals surface area contributed by atoms with Crippen molar-refractivity contribution in [3.63, 3.8) is 0 Å². The van der Waals surface area contributed by atoms with Crippen LogP contribution in [0.4, 0.5) is 0 Å². The van der Waals surface area contributed by atoms with Crippen molar-refractivity contribution in [3.05, 3.63) is 18.0 Å². The molecule has 0 unspecified atom stereocenters. The fraction of sp³-hybridized carbons (Fsp3) is 0.375. The van der Waals surface area contributed by atoms with Gasteiger partial charge in [-0.15, -0.1) is 0 Å². The Kier molecular flexibility index (Phi) is 2.28. The van der Waals surface area contributed by atoms with Gasteiger partial charge in [0.2, 0.25) is 0 Å². The van der Waals surface area contributed by atoms with E-state index < -0.39 is 5.91 Å². The van der Waals surface area contributed by atoms with E-state index in [2.05, 4.69) is 9.97 Å². The quantitative estimate of drug-likeness (QED) is 0.692. The van der Waals surface area contributed by atoms with E-state index in [1.165, 1.54) is 12.3 Å². The van der Waals surface area contributed by atoms with Gasteiger partial charge in [0.25, 0.3) is 5.91 Å². The predicted octanol–water partition coefficient (Wildman–Crippen LogP) is -0.647. The molecule has 2 N–H and O–H groups in total. The molecule has 1 saturated heterocycles. The summed E-state index contributed by atoms with van der Waals surface area (Å²) in [7, 11) is 0. The summed E-state index contributed by atoms with van der Waals surface area (Å²) in [6.07, 6.45) is 1.42. The molecular formula is C8H9N3O3. The van der Waals surface area contributed by atoms with E-state index >= 15 is 0 Å². The third-order valence-corrected chi connectivity index (χ3v) is 1.77. The van der Waals surface area contributed by atoms with Gasteiger partial charge in [-0.25, -0.2) is 4.98 Å². The number of primary amides is 1. The highest BCUT2D eigenvalue weighted by Gasteiger charge is 2.21. The second-order valence-corrected chi connectivity index (χ2v) is 2.87. The summed E-state index contributed by atoms with van der Waals surface area (Å²) < 4.78 is 10.2. The highest BCUT2D eigenvalue weighted by atomic mass is 16.6. The summed E-state index contributed by atoms with van der Waals surface area (Å²) >= 11 is 0. The van der Waals surface area contributed by atoms with Crippen LogP contribution >= 0.6 is 0 Å². The summed E-state index contributed by atoms with van der Waals surface area (Å²) in [6, 6.07) is 1.60. The number of aromatic nitrogens is 2. The minimum Gasteiger partial charge on any atom is -0.455 e. The third-order valence-electron chi connectivity index (χ3n) is 1.77. The molecule has 1 aliphatic rings. The molecule has 0 atom stereocenters. The van der Waals surface area contributed by atoms with Gasteiger partial charge in [0, 0.05) is 6.20 Å². The van der Waals surface area contributed by atoms with Crippen LogP contribution < -0.4 is 10.5 Å². The van der Waals surface area contributed by atoms with Crippen molar-refractivity contribution in [2.75, 3.05) is 13.2 Å². The Morgan fingerprint density at radius 2 is 2.43 bits per heavy atom. The van der Waals surface area contributed by atoms with Gasteiger partial charge in [-0.2, -0.15) is 4.98 Å². The van der Waals surface area contributed by atoms with E-state index in [0.717, 1.165) is 0 Å². The van der Waals surface area contributed by atoms with Gasteiger partial charge in [0.1, 0.15) is 11.8 Å². The van der Waals surface area contributed by atoms with Crippen LogP contribution in [0.25, 0.3) is 0 Å². The summed E-state index contributed by atoms with van der Waals surface area (Å²) in [4.78, 5) is 18.5. The zero-order chi connectivity index (χ0) is 9.97. The molecule has 2 rings (SSSR count). The van der Waals surface area contributed by atoms with E-state index in [9.17, 15) is 4.79 Å². The zero-order valence-corrected chi connectivity index (χ0v) is 7.34. The van der Waals surface area contributed by atoms with E-state index in [0.29, 0.717) is 13.2 Å². The van der Waals surface area contributed by atoms with Crippen molar-refractivity contribution < 1.29 is 14.3 Å². The largest absolute Gasteiger partial charge is 0.455 e. The molecule has 0 spiro atoms. The van der Waals surface area contributed by atoms with Gasteiger partial charge in [0.15, 0.2) is 0 Å². The molecule has 1 aromatic rings. The van der Waals surface area contributed by atoms with Gasteiger partial charge in [0.05, 0.1) is 13.2 Å². The summed E-state index contributed by atoms with van der Waals surface area (Å²) in [5, 5.41) is 0. The van der Waals surface area contributed by atoms with E-state index in [4.69, 9.17) is 15.2 Å². The van der Waals surface area contributed by atoms with Crippen LogP contribution in [0.15, 0.2) is 12.3 Å². The summed E-state index contributed by atoms with van der Waals surface area (Å²) in [6.45, 7) is 1.06. The first-order chi connectivity index (χ1) is 6.75. The van der Waals surface area contributed by atoms with Crippen LogP contribution in [0.1, 0.15) is 10.5 Å². The van der Waals surface area contributed by atoms with Crippen molar-refractivity contribution in [1.29, 1.82) is 0 Å². The standard InChI is InChI=1S/C8H9N3O3/c9-7(12)6-1-2-10-8(11-6)14-5-3-13-4-5/h1-2,5H,3-4H2,(H2,9,12). The molecule has 74 valence electrons. The number of ether oxygens (including phenoxy) is 2. The average Bonchev–Trinajstić information content (AvgIpc) is 2.12. The molecule has 0 saturated carbocycles. The normalized spacial score (nSPS) is 16.0. The maximum atomic E-state index is 10.8. The van der Waals surface area contributed by atoms with Crippen molar-refractivity contribution in [1.82, 2.24) is 9.97 Å². The van der Waals surface area contributed by atoms with Gasteiger partial charge in [-0.3, -0.25) is 4.79 Å². The van der Waals surface area contributed by atoms with Gasteiger partial charge in [-0.05, 0) is 6.07 Å². The van der Waals surface area contributed by atoms with Crippen LogP contribution in [0.5, 0.6) is 6.01 Å².